The first-order chi connectivity index (χ1) is 15.8. The number of non-ortho nitro benzene ring substituents is 1. The molecule has 4 aromatic rings. The number of para-hydroxylation sites is 1. The number of nitro benzene ring substituents is 1. The zero-order valence-electron chi connectivity index (χ0n) is 17.9. The predicted molar refractivity (Wildman–Crippen MR) is 122 cm³/mol. The molecule has 0 saturated heterocycles. The SMILES string of the molecule is CCO[C@H]1c2ccccc2Oc2cc([N+](=O)[O-])cc3c2c1cn3S(=O)(=O)c1ccc(C)cc1. The molecule has 33 heavy (non-hydrogen) atoms. The van der Waals surface area contributed by atoms with Gasteiger partial charge in [-0.1, -0.05) is 35.9 Å². The Morgan fingerprint density at radius 1 is 1.06 bits per heavy atom. The van der Waals surface area contributed by atoms with Crippen LogP contribution in [0.25, 0.3) is 10.9 Å². The molecule has 0 N–H and O–H groups in total. The van der Waals surface area contributed by atoms with Crippen LogP contribution in [-0.4, -0.2) is 23.9 Å². The Morgan fingerprint density at radius 3 is 2.48 bits per heavy atom. The summed E-state index contributed by atoms with van der Waals surface area (Å²) in [4.78, 5) is 11.2. The lowest BCUT2D eigenvalue weighted by Crippen LogP contribution is -2.12. The van der Waals surface area contributed by atoms with Gasteiger partial charge in [0.2, 0.25) is 0 Å². The van der Waals surface area contributed by atoms with Gasteiger partial charge in [0.15, 0.2) is 0 Å². The van der Waals surface area contributed by atoms with E-state index in [2.05, 4.69) is 0 Å². The van der Waals surface area contributed by atoms with Gasteiger partial charge < -0.3 is 9.47 Å². The van der Waals surface area contributed by atoms with Gasteiger partial charge in [0.25, 0.3) is 15.7 Å². The smallest absolute Gasteiger partial charge is 0.275 e. The van der Waals surface area contributed by atoms with Crippen molar-refractivity contribution < 1.29 is 22.8 Å². The summed E-state index contributed by atoms with van der Waals surface area (Å²) < 4.78 is 40.4. The molecule has 1 atom stereocenters. The molecule has 0 unspecified atom stereocenters. The molecule has 0 saturated carbocycles. The summed E-state index contributed by atoms with van der Waals surface area (Å²) in [6.45, 7) is 4.09. The average molecular weight is 464 g/mol. The largest absolute Gasteiger partial charge is 0.456 e. The van der Waals surface area contributed by atoms with Crippen LogP contribution in [0.4, 0.5) is 5.69 Å². The first-order valence-corrected chi connectivity index (χ1v) is 11.8. The van der Waals surface area contributed by atoms with E-state index < -0.39 is 21.1 Å². The fourth-order valence-corrected chi connectivity index (χ4v) is 5.50. The lowest BCUT2D eigenvalue weighted by molar-refractivity contribution is -0.384. The Hall–Kier alpha value is -3.69. The van der Waals surface area contributed by atoms with Gasteiger partial charge in [-0.3, -0.25) is 10.1 Å². The third-order valence-electron chi connectivity index (χ3n) is 5.67. The van der Waals surface area contributed by atoms with Crippen LogP contribution >= 0.6 is 0 Å². The Labute approximate surface area is 190 Å². The summed E-state index contributed by atoms with van der Waals surface area (Å²) in [5.74, 6) is 0.712. The van der Waals surface area contributed by atoms with Gasteiger partial charge >= 0.3 is 0 Å². The number of aromatic nitrogens is 1. The molecule has 0 spiro atoms. The van der Waals surface area contributed by atoms with Crippen LogP contribution in [0.3, 0.4) is 0 Å². The van der Waals surface area contributed by atoms with Crippen molar-refractivity contribution in [2.24, 2.45) is 0 Å². The highest BCUT2D eigenvalue weighted by Gasteiger charge is 2.33. The number of hydrogen-bond donors (Lipinski definition) is 0. The van der Waals surface area contributed by atoms with E-state index in [9.17, 15) is 18.5 Å². The highest BCUT2D eigenvalue weighted by atomic mass is 32.2. The van der Waals surface area contributed by atoms with Gasteiger partial charge in [-0.15, -0.1) is 0 Å². The van der Waals surface area contributed by atoms with Crippen molar-refractivity contribution in [2.75, 3.05) is 6.61 Å². The van der Waals surface area contributed by atoms with Crippen molar-refractivity contribution in [3.05, 3.63) is 93.7 Å². The first-order valence-electron chi connectivity index (χ1n) is 10.3. The maximum absolute atomic E-state index is 13.6. The second-order valence-corrected chi connectivity index (χ2v) is 9.58. The minimum Gasteiger partial charge on any atom is -0.456 e. The molecular formula is C24H20N2O6S. The molecule has 9 heteroatoms. The van der Waals surface area contributed by atoms with Crippen LogP contribution < -0.4 is 4.74 Å². The van der Waals surface area contributed by atoms with Gasteiger partial charge in [-0.05, 0) is 32.0 Å². The number of fused-ring (bicyclic) bond motifs is 1. The van der Waals surface area contributed by atoms with Crippen molar-refractivity contribution in [3.8, 4) is 11.5 Å². The molecule has 0 bridgehead atoms. The Bertz CT molecular complexity index is 1510. The molecule has 0 radical (unpaired) electrons. The normalized spacial score (nSPS) is 15.0. The van der Waals surface area contributed by atoms with E-state index in [1.807, 2.05) is 26.0 Å². The fourth-order valence-electron chi connectivity index (χ4n) is 4.14. The maximum atomic E-state index is 13.6. The lowest BCUT2D eigenvalue weighted by atomic mass is 10.0. The van der Waals surface area contributed by atoms with E-state index in [1.165, 1.54) is 30.5 Å². The number of hydrogen-bond acceptors (Lipinski definition) is 6. The summed E-state index contributed by atoms with van der Waals surface area (Å²) in [6.07, 6.45) is 0.879. The Kier molecular flexibility index (Phi) is 4.95. The number of ether oxygens (including phenoxy) is 2. The molecule has 1 aromatic heterocycles. The third-order valence-corrected chi connectivity index (χ3v) is 7.36. The molecule has 0 amide bonds. The number of aryl methyl sites for hydroxylation is 1. The topological polar surface area (TPSA) is 101 Å². The highest BCUT2D eigenvalue weighted by Crippen LogP contribution is 2.48. The third kappa shape index (κ3) is 3.37. The first kappa shape index (κ1) is 21.2. The van der Waals surface area contributed by atoms with Crippen LogP contribution in [-0.2, 0) is 14.8 Å². The quantitative estimate of drug-likeness (QED) is 0.292. The number of benzene rings is 3. The van der Waals surface area contributed by atoms with E-state index in [1.54, 1.807) is 24.3 Å². The van der Waals surface area contributed by atoms with Crippen LogP contribution in [0.5, 0.6) is 11.5 Å². The molecule has 0 aliphatic carbocycles. The van der Waals surface area contributed by atoms with Crippen molar-refractivity contribution in [1.29, 1.82) is 0 Å². The Morgan fingerprint density at radius 2 is 1.79 bits per heavy atom. The molecule has 5 rings (SSSR count). The number of rotatable bonds is 5. The Balaban J connectivity index is 1.86. The fraction of sp³-hybridized carbons (Fsp3) is 0.167. The molecule has 3 aromatic carbocycles. The zero-order chi connectivity index (χ0) is 23.3. The van der Waals surface area contributed by atoms with E-state index >= 15 is 0 Å². The van der Waals surface area contributed by atoms with Crippen LogP contribution in [0.1, 0.15) is 29.7 Å². The minimum absolute atomic E-state index is 0.0796. The molecule has 1 aliphatic heterocycles. The standard InChI is InChI=1S/C24H20N2O6S/c1-3-31-24-18-6-4-5-7-21(18)32-22-13-16(26(27)28)12-20-23(22)19(24)14-25(20)33(29,30)17-10-8-15(2)9-11-17/h4-14,24H,3H2,1-2H3/t24-/m0/s1. The van der Waals surface area contributed by atoms with Gasteiger partial charge in [-0.2, -0.15) is 0 Å². The molecular weight excluding hydrogens is 444 g/mol. The summed E-state index contributed by atoms with van der Waals surface area (Å²) in [5.41, 5.74) is 2.09. The number of nitrogens with zero attached hydrogens (tertiary/aromatic N) is 2. The summed E-state index contributed by atoms with van der Waals surface area (Å²) >= 11 is 0. The van der Waals surface area contributed by atoms with Gasteiger partial charge in [-0.25, -0.2) is 12.4 Å². The van der Waals surface area contributed by atoms with Crippen molar-refractivity contribution >= 4 is 26.6 Å². The second-order valence-electron chi connectivity index (χ2n) is 7.77. The van der Waals surface area contributed by atoms with Crippen molar-refractivity contribution in [2.45, 2.75) is 24.8 Å². The van der Waals surface area contributed by atoms with Crippen LogP contribution in [0.15, 0.2) is 71.8 Å². The molecule has 168 valence electrons. The molecule has 1 aliphatic rings. The van der Waals surface area contributed by atoms with Gasteiger partial charge in [0.05, 0.1) is 26.8 Å². The van der Waals surface area contributed by atoms with E-state index in [0.29, 0.717) is 28.9 Å². The summed E-state index contributed by atoms with van der Waals surface area (Å²) in [5, 5.41) is 12.1. The highest BCUT2D eigenvalue weighted by molar-refractivity contribution is 7.90. The predicted octanol–water partition coefficient (Wildman–Crippen LogP) is 5.33. The van der Waals surface area contributed by atoms with Crippen molar-refractivity contribution in [1.82, 2.24) is 3.97 Å². The lowest BCUT2D eigenvalue weighted by Gasteiger charge is -2.17. The minimum atomic E-state index is -4.05. The molecule has 0 fully saturated rings. The maximum Gasteiger partial charge on any atom is 0.275 e. The second kappa shape index (κ2) is 7.72. The van der Waals surface area contributed by atoms with E-state index in [0.717, 1.165) is 9.54 Å². The van der Waals surface area contributed by atoms with Gasteiger partial charge in [0, 0.05) is 30.0 Å². The number of nitro groups is 1. The zero-order valence-corrected chi connectivity index (χ0v) is 18.7. The summed E-state index contributed by atoms with van der Waals surface area (Å²) in [6, 6.07) is 16.3. The van der Waals surface area contributed by atoms with Crippen LogP contribution in [0, 0.1) is 17.0 Å². The van der Waals surface area contributed by atoms with E-state index in [-0.39, 0.29) is 21.8 Å². The van der Waals surface area contributed by atoms with Crippen LogP contribution in [0.2, 0.25) is 0 Å². The molecule has 8 nitrogen and oxygen atoms in total. The average Bonchev–Trinajstić information content (AvgIpc) is 3.12. The van der Waals surface area contributed by atoms with E-state index in [4.69, 9.17) is 9.47 Å². The monoisotopic (exact) mass is 464 g/mol. The molecule has 2 heterocycles. The van der Waals surface area contributed by atoms with Gasteiger partial charge in [0.1, 0.15) is 17.6 Å². The van der Waals surface area contributed by atoms with Crippen molar-refractivity contribution in [3.63, 3.8) is 0 Å². The summed E-state index contributed by atoms with van der Waals surface area (Å²) in [7, 11) is -4.05.